The van der Waals surface area contributed by atoms with Crippen LogP contribution in [0.1, 0.15) is 30.1 Å². The minimum absolute atomic E-state index is 0.336. The molecule has 1 saturated carbocycles. The molecule has 1 aliphatic heterocycles. The summed E-state index contributed by atoms with van der Waals surface area (Å²) in [7, 11) is 0. The molecule has 0 bridgehead atoms. The molecule has 2 aliphatic rings. The first-order valence-electron chi connectivity index (χ1n) is 6.82. The lowest BCUT2D eigenvalue weighted by atomic mass is 9.93. The lowest BCUT2D eigenvalue weighted by molar-refractivity contribution is -0.120. The van der Waals surface area contributed by atoms with E-state index in [0.29, 0.717) is 48.9 Å². The number of amides is 1. The standard InChI is InChI=1S/C13H17ClFN3OS/c14-12-16-6-11(20-12)9-5-10(9)17-7-13(15)1-3-18(8-19)4-2-13/h6,8-10,17H,1-5,7H2. The molecule has 0 aromatic carbocycles. The van der Waals surface area contributed by atoms with E-state index in [4.69, 9.17) is 11.6 Å². The largest absolute Gasteiger partial charge is 0.345 e. The number of piperidine rings is 1. The molecule has 1 aromatic heterocycles. The summed E-state index contributed by atoms with van der Waals surface area (Å²) in [6.07, 6.45) is 4.48. The fraction of sp³-hybridized carbons (Fsp3) is 0.692. The number of hydrogen-bond acceptors (Lipinski definition) is 4. The van der Waals surface area contributed by atoms with Crippen LogP contribution in [0.3, 0.4) is 0 Å². The van der Waals surface area contributed by atoms with E-state index in [0.717, 1.165) is 12.8 Å². The van der Waals surface area contributed by atoms with Crippen molar-refractivity contribution in [1.82, 2.24) is 15.2 Å². The Hall–Kier alpha value is -0.720. The molecule has 1 saturated heterocycles. The molecule has 3 rings (SSSR count). The van der Waals surface area contributed by atoms with E-state index in [-0.39, 0.29) is 0 Å². The van der Waals surface area contributed by atoms with Crippen molar-refractivity contribution < 1.29 is 9.18 Å². The van der Waals surface area contributed by atoms with E-state index in [1.807, 2.05) is 6.20 Å². The summed E-state index contributed by atoms with van der Waals surface area (Å²) in [5.74, 6) is 0.429. The van der Waals surface area contributed by atoms with Gasteiger partial charge in [0.1, 0.15) is 5.67 Å². The predicted molar refractivity (Wildman–Crippen MR) is 77.0 cm³/mol. The summed E-state index contributed by atoms with van der Waals surface area (Å²) in [4.78, 5) is 17.5. The molecule has 1 N–H and O–H groups in total. The van der Waals surface area contributed by atoms with Gasteiger partial charge in [0.05, 0.1) is 0 Å². The molecule has 4 nitrogen and oxygen atoms in total. The van der Waals surface area contributed by atoms with Crippen molar-refractivity contribution in [3.8, 4) is 0 Å². The summed E-state index contributed by atoms with van der Waals surface area (Å²) in [6, 6.07) is 0.336. The van der Waals surface area contributed by atoms with E-state index < -0.39 is 5.67 Å². The van der Waals surface area contributed by atoms with Crippen molar-refractivity contribution in [2.75, 3.05) is 19.6 Å². The highest BCUT2D eigenvalue weighted by Gasteiger charge is 2.42. The molecular weight excluding hydrogens is 301 g/mol. The number of hydrogen-bond donors (Lipinski definition) is 1. The maximum absolute atomic E-state index is 14.6. The Morgan fingerprint density at radius 2 is 2.35 bits per heavy atom. The van der Waals surface area contributed by atoms with E-state index in [1.54, 1.807) is 4.90 Å². The number of likely N-dealkylation sites (tertiary alicyclic amines) is 1. The summed E-state index contributed by atoms with van der Waals surface area (Å²) in [5, 5.41) is 3.31. The van der Waals surface area contributed by atoms with Crippen LogP contribution in [0.5, 0.6) is 0 Å². The fourth-order valence-electron chi connectivity index (χ4n) is 2.69. The second kappa shape index (κ2) is 5.58. The number of alkyl halides is 1. The van der Waals surface area contributed by atoms with E-state index in [1.165, 1.54) is 16.2 Å². The monoisotopic (exact) mass is 317 g/mol. The molecule has 0 radical (unpaired) electrons. The molecule has 7 heteroatoms. The second-order valence-corrected chi connectivity index (χ2v) is 7.28. The number of nitrogens with zero attached hydrogens (tertiary/aromatic N) is 2. The number of aromatic nitrogens is 1. The van der Waals surface area contributed by atoms with Gasteiger partial charge in [0, 0.05) is 55.5 Å². The summed E-state index contributed by atoms with van der Waals surface area (Å²) in [6.45, 7) is 1.40. The van der Waals surface area contributed by atoms with Crippen LogP contribution < -0.4 is 5.32 Å². The van der Waals surface area contributed by atoms with Crippen molar-refractivity contribution in [3.05, 3.63) is 15.5 Å². The average molecular weight is 318 g/mol. The Labute approximate surface area is 126 Å². The zero-order valence-corrected chi connectivity index (χ0v) is 12.6. The van der Waals surface area contributed by atoms with Crippen molar-refractivity contribution in [2.45, 2.75) is 36.9 Å². The Kier molecular flexibility index (Phi) is 3.97. The predicted octanol–water partition coefficient (Wildman–Crippen LogP) is 2.20. The van der Waals surface area contributed by atoms with Gasteiger partial charge in [0.25, 0.3) is 0 Å². The quantitative estimate of drug-likeness (QED) is 0.847. The lowest BCUT2D eigenvalue weighted by Gasteiger charge is -2.34. The van der Waals surface area contributed by atoms with E-state index >= 15 is 0 Å². The smallest absolute Gasteiger partial charge is 0.209 e. The molecule has 1 aromatic rings. The number of halogens is 2. The van der Waals surface area contributed by atoms with Gasteiger partial charge in [-0.05, 0) is 6.42 Å². The summed E-state index contributed by atoms with van der Waals surface area (Å²) < 4.78 is 15.1. The van der Waals surface area contributed by atoms with Gasteiger partial charge < -0.3 is 10.2 Å². The first kappa shape index (κ1) is 14.2. The molecule has 2 unspecified atom stereocenters. The maximum Gasteiger partial charge on any atom is 0.209 e. The average Bonchev–Trinajstić information content (AvgIpc) is 3.11. The van der Waals surface area contributed by atoms with Crippen LogP contribution in [0, 0.1) is 0 Å². The number of carbonyl (C=O) groups is 1. The number of thiazole rings is 1. The molecule has 2 atom stereocenters. The third-order valence-corrected chi connectivity index (χ3v) is 5.42. The Balaban J connectivity index is 1.45. The van der Waals surface area contributed by atoms with E-state index in [9.17, 15) is 9.18 Å². The Morgan fingerprint density at radius 1 is 1.60 bits per heavy atom. The highest BCUT2D eigenvalue weighted by Crippen LogP contribution is 2.44. The molecule has 20 heavy (non-hydrogen) atoms. The van der Waals surface area contributed by atoms with Crippen LogP contribution in [0.2, 0.25) is 4.47 Å². The van der Waals surface area contributed by atoms with Crippen LogP contribution >= 0.6 is 22.9 Å². The van der Waals surface area contributed by atoms with Gasteiger partial charge in [-0.2, -0.15) is 0 Å². The van der Waals surface area contributed by atoms with Crippen molar-refractivity contribution in [3.63, 3.8) is 0 Å². The zero-order valence-electron chi connectivity index (χ0n) is 11.0. The van der Waals surface area contributed by atoms with Crippen molar-refractivity contribution in [1.29, 1.82) is 0 Å². The van der Waals surface area contributed by atoms with Crippen LogP contribution in [0.15, 0.2) is 6.20 Å². The normalized spacial score (nSPS) is 28.4. The van der Waals surface area contributed by atoms with Crippen LogP contribution in [-0.4, -0.2) is 47.6 Å². The second-order valence-electron chi connectivity index (χ2n) is 5.64. The molecular formula is C13H17ClFN3OS. The molecule has 2 fully saturated rings. The minimum Gasteiger partial charge on any atom is -0.345 e. The molecule has 2 heterocycles. The number of carbonyl (C=O) groups excluding carboxylic acids is 1. The van der Waals surface area contributed by atoms with Gasteiger partial charge in [0.15, 0.2) is 4.47 Å². The fourth-order valence-corrected chi connectivity index (χ4v) is 3.82. The number of nitrogens with one attached hydrogen (secondary N) is 1. The first-order valence-corrected chi connectivity index (χ1v) is 8.02. The third-order valence-electron chi connectivity index (χ3n) is 4.18. The topological polar surface area (TPSA) is 45.2 Å². The van der Waals surface area contributed by atoms with Gasteiger partial charge in [0.2, 0.25) is 6.41 Å². The molecule has 1 aliphatic carbocycles. The van der Waals surface area contributed by atoms with Crippen LogP contribution in [0.4, 0.5) is 4.39 Å². The summed E-state index contributed by atoms with van der Waals surface area (Å²) in [5.41, 5.74) is -1.18. The Morgan fingerprint density at radius 3 is 2.95 bits per heavy atom. The van der Waals surface area contributed by atoms with Crippen molar-refractivity contribution in [2.24, 2.45) is 0 Å². The Bertz CT molecular complexity index is 490. The van der Waals surface area contributed by atoms with Gasteiger partial charge in [-0.15, -0.1) is 11.3 Å². The maximum atomic E-state index is 14.6. The van der Waals surface area contributed by atoms with Gasteiger partial charge in [-0.1, -0.05) is 11.6 Å². The highest BCUT2D eigenvalue weighted by molar-refractivity contribution is 7.15. The van der Waals surface area contributed by atoms with Gasteiger partial charge in [-0.25, -0.2) is 9.37 Å². The van der Waals surface area contributed by atoms with Gasteiger partial charge >= 0.3 is 0 Å². The van der Waals surface area contributed by atoms with Crippen LogP contribution in [-0.2, 0) is 4.79 Å². The molecule has 110 valence electrons. The van der Waals surface area contributed by atoms with Crippen LogP contribution in [0.25, 0.3) is 0 Å². The minimum atomic E-state index is -1.18. The number of rotatable bonds is 5. The van der Waals surface area contributed by atoms with E-state index in [2.05, 4.69) is 10.3 Å². The third kappa shape index (κ3) is 3.13. The summed E-state index contributed by atoms with van der Waals surface area (Å²) >= 11 is 7.32. The molecule has 1 amide bonds. The zero-order chi connectivity index (χ0) is 14.2. The SMILES string of the molecule is O=CN1CCC(F)(CNC2CC2c2cnc(Cl)s2)CC1. The van der Waals surface area contributed by atoms with Crippen molar-refractivity contribution >= 4 is 29.3 Å². The lowest BCUT2D eigenvalue weighted by Crippen LogP contribution is -2.47. The highest BCUT2D eigenvalue weighted by atomic mass is 35.5. The first-order chi connectivity index (χ1) is 9.59. The molecule has 0 spiro atoms. The van der Waals surface area contributed by atoms with Gasteiger partial charge in [-0.3, -0.25) is 4.79 Å².